The molecule has 0 bridgehead atoms. The van der Waals surface area contributed by atoms with E-state index in [-0.39, 0.29) is 23.9 Å². The number of hydrogen-bond acceptors (Lipinski definition) is 4. The molecule has 0 unspecified atom stereocenters. The third kappa shape index (κ3) is 7.43. The molecule has 0 fully saturated rings. The van der Waals surface area contributed by atoms with Crippen molar-refractivity contribution in [1.29, 1.82) is 0 Å². The van der Waals surface area contributed by atoms with Crippen LogP contribution in [0.3, 0.4) is 0 Å². The molecule has 1 aromatic carbocycles. The highest BCUT2D eigenvalue weighted by Crippen LogP contribution is 2.17. The van der Waals surface area contributed by atoms with E-state index in [1.54, 1.807) is 13.0 Å². The minimum Gasteiger partial charge on any atom is -0.493 e. The lowest BCUT2D eigenvalue weighted by Gasteiger charge is -2.11. The summed E-state index contributed by atoms with van der Waals surface area (Å²) in [5.74, 6) is 0.317. The van der Waals surface area contributed by atoms with Gasteiger partial charge < -0.3 is 10.1 Å². The molecular weight excluding hydrogens is 293 g/mol. The molecule has 0 saturated heterocycles. The first-order valence-electron chi connectivity index (χ1n) is 7.18. The number of ether oxygens (including phenoxy) is 1. The lowest BCUT2D eigenvalue weighted by atomic mass is 10.2. The normalized spacial score (nSPS) is 11.9. The Balaban J connectivity index is 2.51. The SMILES string of the molecule is CCS(=O)(=O)CCCOc1cc(F)cc(CNC(C)C)c1. The molecule has 0 atom stereocenters. The highest BCUT2D eigenvalue weighted by atomic mass is 32.2. The second-order valence-electron chi connectivity index (χ2n) is 5.27. The zero-order chi connectivity index (χ0) is 15.9. The van der Waals surface area contributed by atoms with E-state index in [1.165, 1.54) is 12.1 Å². The van der Waals surface area contributed by atoms with Gasteiger partial charge >= 0.3 is 0 Å². The van der Waals surface area contributed by atoms with Crippen molar-refractivity contribution in [3.63, 3.8) is 0 Å². The minimum absolute atomic E-state index is 0.0978. The maximum absolute atomic E-state index is 13.5. The molecule has 0 aliphatic carbocycles. The van der Waals surface area contributed by atoms with Crippen molar-refractivity contribution < 1.29 is 17.5 Å². The summed E-state index contributed by atoms with van der Waals surface area (Å²) in [6.45, 7) is 6.49. The van der Waals surface area contributed by atoms with E-state index < -0.39 is 9.84 Å². The second-order valence-corrected chi connectivity index (χ2v) is 7.74. The highest BCUT2D eigenvalue weighted by molar-refractivity contribution is 7.91. The molecule has 120 valence electrons. The van der Waals surface area contributed by atoms with Crippen molar-refractivity contribution in [1.82, 2.24) is 5.32 Å². The predicted octanol–water partition coefficient (Wildman–Crippen LogP) is 2.53. The summed E-state index contributed by atoms with van der Waals surface area (Å²) in [6.07, 6.45) is 0.409. The Bertz CT molecular complexity index is 544. The lowest BCUT2D eigenvalue weighted by Crippen LogP contribution is -2.21. The van der Waals surface area contributed by atoms with Gasteiger partial charge in [0.05, 0.1) is 12.4 Å². The van der Waals surface area contributed by atoms with E-state index in [4.69, 9.17) is 4.74 Å². The molecule has 21 heavy (non-hydrogen) atoms. The molecule has 0 spiro atoms. The molecule has 1 N–H and O–H groups in total. The Labute approximate surface area is 126 Å². The summed E-state index contributed by atoms with van der Waals surface area (Å²) >= 11 is 0. The predicted molar refractivity (Wildman–Crippen MR) is 82.8 cm³/mol. The third-order valence-electron chi connectivity index (χ3n) is 2.95. The van der Waals surface area contributed by atoms with Gasteiger partial charge in [0, 0.05) is 24.4 Å². The summed E-state index contributed by atoms with van der Waals surface area (Å²) in [6, 6.07) is 4.86. The van der Waals surface area contributed by atoms with Crippen molar-refractivity contribution in [2.45, 2.75) is 39.8 Å². The van der Waals surface area contributed by atoms with E-state index in [9.17, 15) is 12.8 Å². The molecule has 0 aliphatic heterocycles. The fourth-order valence-corrected chi connectivity index (χ4v) is 2.59. The van der Waals surface area contributed by atoms with Gasteiger partial charge in [-0.25, -0.2) is 12.8 Å². The van der Waals surface area contributed by atoms with Crippen LogP contribution in [0.1, 0.15) is 32.8 Å². The molecular formula is C15H24FNO3S. The molecule has 0 aliphatic rings. The van der Waals surface area contributed by atoms with Gasteiger partial charge in [-0.2, -0.15) is 0 Å². The van der Waals surface area contributed by atoms with Gasteiger partial charge in [-0.1, -0.05) is 20.8 Å². The lowest BCUT2D eigenvalue weighted by molar-refractivity contribution is 0.315. The fourth-order valence-electron chi connectivity index (χ4n) is 1.74. The Morgan fingerprint density at radius 1 is 1.29 bits per heavy atom. The summed E-state index contributed by atoms with van der Waals surface area (Å²) in [5, 5.41) is 3.21. The number of nitrogens with one attached hydrogen (secondary N) is 1. The van der Waals surface area contributed by atoms with Gasteiger partial charge in [-0.15, -0.1) is 0 Å². The second kappa shape index (κ2) is 8.34. The molecule has 1 aromatic rings. The van der Waals surface area contributed by atoms with E-state index >= 15 is 0 Å². The molecule has 0 amide bonds. The number of rotatable bonds is 9. The summed E-state index contributed by atoms with van der Waals surface area (Å²) in [7, 11) is -2.97. The van der Waals surface area contributed by atoms with Crippen LogP contribution in [0.2, 0.25) is 0 Å². The number of benzene rings is 1. The van der Waals surface area contributed by atoms with Gasteiger partial charge in [0.15, 0.2) is 0 Å². The Hall–Kier alpha value is -1.14. The summed E-state index contributed by atoms with van der Waals surface area (Å²) in [5.41, 5.74) is 0.805. The van der Waals surface area contributed by atoms with E-state index in [0.29, 0.717) is 24.8 Å². The molecule has 6 heteroatoms. The first kappa shape index (κ1) is 17.9. The first-order chi connectivity index (χ1) is 9.82. The summed E-state index contributed by atoms with van der Waals surface area (Å²) in [4.78, 5) is 0. The standard InChI is InChI=1S/C15H24FNO3S/c1-4-21(18,19)7-5-6-20-15-9-13(8-14(16)10-15)11-17-12(2)3/h8-10,12,17H,4-7,11H2,1-3H3. The van der Waals surface area contributed by atoms with Gasteiger partial charge in [0.1, 0.15) is 21.4 Å². The quantitative estimate of drug-likeness (QED) is 0.711. The smallest absolute Gasteiger partial charge is 0.150 e. The number of sulfone groups is 1. The first-order valence-corrected chi connectivity index (χ1v) is 9.00. The summed E-state index contributed by atoms with van der Waals surface area (Å²) < 4.78 is 41.6. The largest absolute Gasteiger partial charge is 0.493 e. The van der Waals surface area contributed by atoms with Crippen molar-refractivity contribution in [3.05, 3.63) is 29.6 Å². The maximum atomic E-state index is 13.5. The average molecular weight is 317 g/mol. The Morgan fingerprint density at radius 3 is 2.62 bits per heavy atom. The molecule has 4 nitrogen and oxygen atoms in total. The number of halogens is 1. The monoisotopic (exact) mass is 317 g/mol. The third-order valence-corrected chi connectivity index (χ3v) is 4.74. The van der Waals surface area contributed by atoms with Crippen LogP contribution >= 0.6 is 0 Å². The van der Waals surface area contributed by atoms with Crippen LogP contribution in [0.4, 0.5) is 4.39 Å². The molecule has 0 aromatic heterocycles. The maximum Gasteiger partial charge on any atom is 0.150 e. The molecule has 1 rings (SSSR count). The van der Waals surface area contributed by atoms with Gasteiger partial charge in [0.25, 0.3) is 0 Å². The Kier molecular flexibility index (Phi) is 7.11. The van der Waals surface area contributed by atoms with Crippen LogP contribution in [0.25, 0.3) is 0 Å². The zero-order valence-corrected chi connectivity index (χ0v) is 13.7. The van der Waals surface area contributed by atoms with E-state index in [2.05, 4.69) is 5.32 Å². The van der Waals surface area contributed by atoms with Gasteiger partial charge in [-0.3, -0.25) is 0 Å². The molecule has 0 radical (unpaired) electrons. The van der Waals surface area contributed by atoms with Crippen LogP contribution in [0, 0.1) is 5.82 Å². The van der Waals surface area contributed by atoms with Crippen molar-refractivity contribution in [2.24, 2.45) is 0 Å². The zero-order valence-electron chi connectivity index (χ0n) is 12.9. The number of hydrogen-bond donors (Lipinski definition) is 1. The molecule has 0 heterocycles. The minimum atomic E-state index is -2.97. The molecule has 0 saturated carbocycles. The van der Waals surface area contributed by atoms with Crippen LogP contribution in [-0.4, -0.2) is 32.6 Å². The van der Waals surface area contributed by atoms with Crippen LogP contribution in [0.15, 0.2) is 18.2 Å². The highest BCUT2D eigenvalue weighted by Gasteiger charge is 2.07. The Morgan fingerprint density at radius 2 is 2.00 bits per heavy atom. The van der Waals surface area contributed by atoms with Crippen LogP contribution in [-0.2, 0) is 16.4 Å². The van der Waals surface area contributed by atoms with Crippen LogP contribution in [0.5, 0.6) is 5.75 Å². The van der Waals surface area contributed by atoms with E-state index in [0.717, 1.165) is 5.56 Å². The topological polar surface area (TPSA) is 55.4 Å². The van der Waals surface area contributed by atoms with Crippen LogP contribution < -0.4 is 10.1 Å². The van der Waals surface area contributed by atoms with Gasteiger partial charge in [0.2, 0.25) is 0 Å². The fraction of sp³-hybridized carbons (Fsp3) is 0.600. The van der Waals surface area contributed by atoms with Crippen molar-refractivity contribution in [3.8, 4) is 5.75 Å². The average Bonchev–Trinajstić information content (AvgIpc) is 2.41. The van der Waals surface area contributed by atoms with Crippen molar-refractivity contribution >= 4 is 9.84 Å². The van der Waals surface area contributed by atoms with Crippen molar-refractivity contribution in [2.75, 3.05) is 18.1 Å². The van der Waals surface area contributed by atoms with E-state index in [1.807, 2.05) is 13.8 Å². The van der Waals surface area contributed by atoms with Gasteiger partial charge in [-0.05, 0) is 24.1 Å².